The highest BCUT2D eigenvalue weighted by Gasteiger charge is 2.22. The lowest BCUT2D eigenvalue weighted by Crippen LogP contribution is -2.42. The Labute approximate surface area is 161 Å². The van der Waals surface area contributed by atoms with Crippen LogP contribution in [0.25, 0.3) is 0 Å². The second-order valence-electron chi connectivity index (χ2n) is 7.74. The van der Waals surface area contributed by atoms with Gasteiger partial charge in [0.25, 0.3) is 0 Å². The summed E-state index contributed by atoms with van der Waals surface area (Å²) in [5.74, 6) is 1.50. The number of urea groups is 1. The lowest BCUT2D eigenvalue weighted by atomic mass is 9.84. The average Bonchev–Trinajstić information content (AvgIpc) is 2.66. The number of benzene rings is 2. The van der Waals surface area contributed by atoms with Gasteiger partial charge in [-0.1, -0.05) is 49.7 Å². The number of carbonyl (C=O) groups excluding carboxylic acids is 1. The molecule has 5 nitrogen and oxygen atoms in total. The van der Waals surface area contributed by atoms with Crippen LogP contribution >= 0.6 is 0 Å². The third-order valence-corrected chi connectivity index (χ3v) is 4.89. The van der Waals surface area contributed by atoms with E-state index >= 15 is 0 Å². The molecule has 0 atom stereocenters. The quantitative estimate of drug-likeness (QED) is 0.871. The Balaban J connectivity index is 1.56. The van der Waals surface area contributed by atoms with E-state index in [0.29, 0.717) is 26.3 Å². The Bertz CT molecular complexity index is 800. The van der Waals surface area contributed by atoms with Crippen LogP contribution in [0.3, 0.4) is 0 Å². The highest BCUT2D eigenvalue weighted by molar-refractivity contribution is 5.74. The summed E-state index contributed by atoms with van der Waals surface area (Å²) in [5.41, 5.74) is 3.32. The number of nitrogens with zero attached hydrogens (tertiary/aromatic N) is 1. The van der Waals surface area contributed by atoms with Crippen LogP contribution in [0.15, 0.2) is 42.5 Å². The summed E-state index contributed by atoms with van der Waals surface area (Å²) in [4.78, 5) is 14.2. The largest absolute Gasteiger partial charge is 0.486 e. The van der Waals surface area contributed by atoms with Crippen molar-refractivity contribution in [2.45, 2.75) is 32.7 Å². The van der Waals surface area contributed by atoms with Gasteiger partial charge in [-0.25, -0.2) is 4.79 Å². The van der Waals surface area contributed by atoms with E-state index in [2.05, 4.69) is 50.4 Å². The molecule has 1 aliphatic rings. The van der Waals surface area contributed by atoms with Gasteiger partial charge >= 0.3 is 6.03 Å². The van der Waals surface area contributed by atoms with Crippen molar-refractivity contribution in [1.82, 2.24) is 10.2 Å². The Morgan fingerprint density at radius 1 is 1.07 bits per heavy atom. The average molecular weight is 368 g/mol. The Morgan fingerprint density at radius 2 is 1.74 bits per heavy atom. The highest BCUT2D eigenvalue weighted by Crippen LogP contribution is 2.31. The first-order valence-electron chi connectivity index (χ1n) is 9.30. The number of amides is 2. The molecule has 27 heavy (non-hydrogen) atoms. The van der Waals surface area contributed by atoms with Crippen molar-refractivity contribution in [3.8, 4) is 11.5 Å². The summed E-state index contributed by atoms with van der Waals surface area (Å²) in [5, 5.41) is 3.05. The molecule has 5 heteroatoms. The molecule has 0 aromatic heterocycles. The molecular formula is C22H28N2O3. The minimum Gasteiger partial charge on any atom is -0.486 e. The predicted octanol–water partition coefficient (Wildman–Crippen LogP) is 3.89. The molecular weight excluding hydrogens is 340 g/mol. The number of hydrogen-bond donors (Lipinski definition) is 1. The molecule has 2 amide bonds. The standard InChI is InChI=1S/C22H28N2O3/c1-16-5-8-18(9-6-16)22(2,3)15-23-21(25)24(4)14-17-7-10-19-20(13-17)27-12-11-26-19/h5-10,13H,11-12,14-15H2,1-4H3,(H,23,25). The van der Waals surface area contributed by atoms with Crippen molar-refractivity contribution in [3.05, 3.63) is 59.2 Å². The smallest absolute Gasteiger partial charge is 0.317 e. The normalized spacial score (nSPS) is 13.2. The van der Waals surface area contributed by atoms with Crippen molar-refractivity contribution in [2.75, 3.05) is 26.8 Å². The number of rotatable bonds is 5. The van der Waals surface area contributed by atoms with E-state index in [9.17, 15) is 4.79 Å². The summed E-state index contributed by atoms with van der Waals surface area (Å²) in [6.07, 6.45) is 0. The first-order valence-corrected chi connectivity index (χ1v) is 9.30. The van der Waals surface area contributed by atoms with E-state index in [1.54, 1.807) is 11.9 Å². The molecule has 0 saturated carbocycles. The van der Waals surface area contributed by atoms with Gasteiger partial charge in [-0.2, -0.15) is 0 Å². The number of hydrogen-bond acceptors (Lipinski definition) is 3. The number of aryl methyl sites for hydroxylation is 1. The number of ether oxygens (including phenoxy) is 2. The molecule has 2 aromatic rings. The third-order valence-electron chi connectivity index (χ3n) is 4.89. The van der Waals surface area contributed by atoms with Gasteiger partial charge in [-0.3, -0.25) is 0 Å². The van der Waals surface area contributed by atoms with Crippen molar-refractivity contribution >= 4 is 6.03 Å². The van der Waals surface area contributed by atoms with E-state index < -0.39 is 0 Å². The first kappa shape index (κ1) is 19.1. The summed E-state index contributed by atoms with van der Waals surface area (Å²) >= 11 is 0. The number of nitrogens with one attached hydrogen (secondary N) is 1. The van der Waals surface area contributed by atoms with Gasteiger partial charge in [0.2, 0.25) is 0 Å². The Hall–Kier alpha value is -2.69. The maximum Gasteiger partial charge on any atom is 0.317 e. The highest BCUT2D eigenvalue weighted by atomic mass is 16.6. The van der Waals surface area contributed by atoms with E-state index in [-0.39, 0.29) is 11.4 Å². The molecule has 0 radical (unpaired) electrons. The zero-order valence-electron chi connectivity index (χ0n) is 16.5. The maximum absolute atomic E-state index is 12.5. The molecule has 1 heterocycles. The van der Waals surface area contributed by atoms with Crippen LogP contribution in [-0.2, 0) is 12.0 Å². The van der Waals surface area contributed by atoms with Crippen LogP contribution in [0, 0.1) is 6.92 Å². The Morgan fingerprint density at radius 3 is 2.44 bits per heavy atom. The van der Waals surface area contributed by atoms with Crippen molar-refractivity contribution in [3.63, 3.8) is 0 Å². The van der Waals surface area contributed by atoms with Crippen molar-refractivity contribution in [1.29, 1.82) is 0 Å². The fourth-order valence-corrected chi connectivity index (χ4v) is 3.07. The summed E-state index contributed by atoms with van der Waals surface area (Å²) < 4.78 is 11.2. The monoisotopic (exact) mass is 368 g/mol. The first-order chi connectivity index (χ1) is 12.8. The SMILES string of the molecule is Cc1ccc(C(C)(C)CNC(=O)N(C)Cc2ccc3c(c2)OCCO3)cc1. The van der Waals surface area contributed by atoms with E-state index in [4.69, 9.17) is 9.47 Å². The van der Waals surface area contributed by atoms with Crippen LogP contribution in [-0.4, -0.2) is 37.7 Å². The van der Waals surface area contributed by atoms with Gasteiger partial charge in [0, 0.05) is 25.6 Å². The van der Waals surface area contributed by atoms with Crippen LogP contribution in [0.2, 0.25) is 0 Å². The minimum absolute atomic E-state index is 0.0925. The topological polar surface area (TPSA) is 50.8 Å². The molecule has 2 aromatic carbocycles. The van der Waals surface area contributed by atoms with Crippen LogP contribution < -0.4 is 14.8 Å². The Kier molecular flexibility index (Phi) is 5.59. The van der Waals surface area contributed by atoms with Gasteiger partial charge in [0.15, 0.2) is 11.5 Å². The van der Waals surface area contributed by atoms with E-state index in [1.165, 1.54) is 11.1 Å². The third kappa shape index (κ3) is 4.73. The van der Waals surface area contributed by atoms with Crippen LogP contribution in [0.1, 0.15) is 30.5 Å². The lowest BCUT2D eigenvalue weighted by molar-refractivity contribution is 0.171. The van der Waals surface area contributed by atoms with Crippen molar-refractivity contribution < 1.29 is 14.3 Å². The van der Waals surface area contributed by atoms with Crippen molar-refractivity contribution in [2.24, 2.45) is 0 Å². The summed E-state index contributed by atoms with van der Waals surface area (Å²) in [6.45, 7) is 8.56. The van der Waals surface area contributed by atoms with Crippen LogP contribution in [0.4, 0.5) is 4.79 Å². The molecule has 0 saturated heterocycles. The molecule has 0 bridgehead atoms. The zero-order chi connectivity index (χ0) is 19.4. The molecule has 0 spiro atoms. The van der Waals surface area contributed by atoms with Gasteiger partial charge in [0.05, 0.1) is 0 Å². The molecule has 3 rings (SSSR count). The lowest BCUT2D eigenvalue weighted by Gasteiger charge is -2.28. The number of fused-ring (bicyclic) bond motifs is 1. The summed E-state index contributed by atoms with van der Waals surface area (Å²) in [7, 11) is 1.80. The molecule has 1 aliphatic heterocycles. The van der Waals surface area contributed by atoms with Gasteiger partial charge < -0.3 is 19.7 Å². The maximum atomic E-state index is 12.5. The predicted molar refractivity (Wildman–Crippen MR) is 107 cm³/mol. The molecule has 0 unspecified atom stereocenters. The minimum atomic E-state index is -0.138. The second kappa shape index (κ2) is 7.91. The molecule has 0 fully saturated rings. The fraction of sp³-hybridized carbons (Fsp3) is 0.409. The molecule has 1 N–H and O–H groups in total. The summed E-state index contributed by atoms with van der Waals surface area (Å²) in [6, 6.07) is 14.2. The van der Waals surface area contributed by atoms with E-state index in [0.717, 1.165) is 17.1 Å². The van der Waals surface area contributed by atoms with Crippen LogP contribution in [0.5, 0.6) is 11.5 Å². The number of carbonyl (C=O) groups is 1. The van der Waals surface area contributed by atoms with Gasteiger partial charge in [-0.05, 0) is 30.2 Å². The fourth-order valence-electron chi connectivity index (χ4n) is 3.07. The molecule has 0 aliphatic carbocycles. The van der Waals surface area contributed by atoms with Gasteiger partial charge in [0.1, 0.15) is 13.2 Å². The van der Waals surface area contributed by atoms with E-state index in [1.807, 2.05) is 18.2 Å². The van der Waals surface area contributed by atoms with Gasteiger partial charge in [-0.15, -0.1) is 0 Å². The second-order valence-corrected chi connectivity index (χ2v) is 7.74. The zero-order valence-corrected chi connectivity index (χ0v) is 16.5. The molecule has 144 valence electrons.